The van der Waals surface area contributed by atoms with Gasteiger partial charge in [-0.3, -0.25) is 4.79 Å². The van der Waals surface area contributed by atoms with Crippen molar-refractivity contribution in [3.63, 3.8) is 0 Å². The number of carbonyl (C=O) groups is 1. The maximum atomic E-state index is 11.4. The Kier molecular flexibility index (Phi) is 5.77. The highest BCUT2D eigenvalue weighted by molar-refractivity contribution is 5.75. The van der Waals surface area contributed by atoms with Gasteiger partial charge >= 0.3 is 0 Å². The minimum atomic E-state index is 0.152. The quantitative estimate of drug-likeness (QED) is 0.759. The molecule has 0 aliphatic carbocycles. The molecule has 1 atom stereocenters. The highest BCUT2D eigenvalue weighted by Crippen LogP contribution is 2.06. The van der Waals surface area contributed by atoms with Gasteiger partial charge in [0.25, 0.3) is 0 Å². The van der Waals surface area contributed by atoms with E-state index in [1.54, 1.807) is 0 Å². The molecule has 1 unspecified atom stereocenters. The van der Waals surface area contributed by atoms with Crippen LogP contribution < -0.4 is 5.32 Å². The number of ether oxygens (including phenoxy) is 1. The van der Waals surface area contributed by atoms with Crippen molar-refractivity contribution < 1.29 is 9.53 Å². The zero-order valence-electron chi connectivity index (χ0n) is 10.7. The van der Waals surface area contributed by atoms with Crippen molar-refractivity contribution >= 4 is 5.91 Å². The molecule has 1 N–H and O–H groups in total. The van der Waals surface area contributed by atoms with Gasteiger partial charge in [0.1, 0.15) is 0 Å². The third-order valence-corrected chi connectivity index (χ3v) is 2.72. The average Bonchev–Trinajstić information content (AvgIpc) is 2.16. The molecule has 1 aliphatic heterocycles. The second-order valence-corrected chi connectivity index (χ2v) is 4.99. The molecular weight excluding hydrogens is 204 g/mol. The van der Waals surface area contributed by atoms with E-state index < -0.39 is 0 Å². The van der Waals surface area contributed by atoms with Gasteiger partial charge < -0.3 is 15.0 Å². The van der Waals surface area contributed by atoms with Crippen LogP contribution in [0.25, 0.3) is 0 Å². The van der Waals surface area contributed by atoms with Gasteiger partial charge in [0.05, 0.1) is 12.7 Å². The first kappa shape index (κ1) is 13.5. The first-order chi connectivity index (χ1) is 7.58. The Morgan fingerprint density at radius 2 is 2.31 bits per heavy atom. The lowest BCUT2D eigenvalue weighted by molar-refractivity contribution is -0.121. The Labute approximate surface area is 98.3 Å². The summed E-state index contributed by atoms with van der Waals surface area (Å²) in [5, 5.41) is 2.94. The van der Waals surface area contributed by atoms with Crippen LogP contribution in [0.1, 0.15) is 26.7 Å². The van der Waals surface area contributed by atoms with Gasteiger partial charge in [-0.2, -0.15) is 0 Å². The van der Waals surface area contributed by atoms with Crippen LogP contribution >= 0.6 is 0 Å². The molecule has 0 aromatic carbocycles. The van der Waals surface area contributed by atoms with Crippen molar-refractivity contribution in [2.45, 2.75) is 32.8 Å². The largest absolute Gasteiger partial charge is 0.375 e. The van der Waals surface area contributed by atoms with E-state index in [1.165, 1.54) is 0 Å². The van der Waals surface area contributed by atoms with E-state index in [0.29, 0.717) is 12.3 Å². The average molecular weight is 228 g/mol. The smallest absolute Gasteiger partial charge is 0.220 e. The Balaban J connectivity index is 2.08. The highest BCUT2D eigenvalue weighted by atomic mass is 16.5. The topological polar surface area (TPSA) is 41.6 Å². The molecule has 94 valence electrons. The zero-order chi connectivity index (χ0) is 12.0. The fourth-order valence-electron chi connectivity index (χ4n) is 1.86. The van der Waals surface area contributed by atoms with Crippen LogP contribution in [-0.4, -0.2) is 50.2 Å². The summed E-state index contributed by atoms with van der Waals surface area (Å²) in [6, 6.07) is 0. The number of morpholine rings is 1. The van der Waals surface area contributed by atoms with E-state index >= 15 is 0 Å². The van der Waals surface area contributed by atoms with Crippen LogP contribution in [0.15, 0.2) is 0 Å². The van der Waals surface area contributed by atoms with Gasteiger partial charge in [-0.15, -0.1) is 0 Å². The lowest BCUT2D eigenvalue weighted by atomic mass is 10.1. The maximum Gasteiger partial charge on any atom is 0.220 e. The van der Waals surface area contributed by atoms with Crippen molar-refractivity contribution in [3.05, 3.63) is 0 Å². The normalized spacial score (nSPS) is 22.4. The molecule has 4 nitrogen and oxygen atoms in total. The first-order valence-corrected chi connectivity index (χ1v) is 6.14. The molecule has 0 radical (unpaired) electrons. The van der Waals surface area contributed by atoms with Gasteiger partial charge in [-0.1, -0.05) is 13.8 Å². The Morgan fingerprint density at radius 3 is 2.94 bits per heavy atom. The monoisotopic (exact) mass is 228 g/mol. The molecule has 0 spiro atoms. The molecule has 0 aromatic rings. The first-order valence-electron chi connectivity index (χ1n) is 6.14. The molecule has 1 saturated heterocycles. The summed E-state index contributed by atoms with van der Waals surface area (Å²) < 4.78 is 5.62. The molecule has 0 saturated carbocycles. The van der Waals surface area contributed by atoms with Gasteiger partial charge in [0.2, 0.25) is 5.91 Å². The van der Waals surface area contributed by atoms with Gasteiger partial charge in [-0.25, -0.2) is 0 Å². The molecule has 1 rings (SSSR count). The summed E-state index contributed by atoms with van der Waals surface area (Å²) in [6.45, 7) is 7.62. The summed E-state index contributed by atoms with van der Waals surface area (Å²) in [5.41, 5.74) is 0. The SMILES string of the molecule is CC(C)CC(=O)NCCC1CN(C)CCO1. The predicted molar refractivity (Wildman–Crippen MR) is 64.3 cm³/mol. The zero-order valence-corrected chi connectivity index (χ0v) is 10.7. The van der Waals surface area contributed by atoms with Crippen molar-refractivity contribution in [2.75, 3.05) is 33.3 Å². The predicted octanol–water partition coefficient (Wildman–Crippen LogP) is 0.869. The molecule has 0 aromatic heterocycles. The van der Waals surface area contributed by atoms with Crippen LogP contribution in [0.2, 0.25) is 0 Å². The van der Waals surface area contributed by atoms with E-state index in [4.69, 9.17) is 4.74 Å². The van der Waals surface area contributed by atoms with Crippen LogP contribution in [0.3, 0.4) is 0 Å². The molecule has 1 amide bonds. The second-order valence-electron chi connectivity index (χ2n) is 4.99. The standard InChI is InChI=1S/C12H24N2O2/c1-10(2)8-12(15)13-5-4-11-9-14(3)6-7-16-11/h10-11H,4-9H2,1-3H3,(H,13,15). The van der Waals surface area contributed by atoms with Crippen LogP contribution in [0.5, 0.6) is 0 Å². The highest BCUT2D eigenvalue weighted by Gasteiger charge is 2.17. The molecule has 4 heteroatoms. The number of carbonyl (C=O) groups excluding carboxylic acids is 1. The van der Waals surface area contributed by atoms with Gasteiger partial charge in [0, 0.05) is 26.1 Å². The van der Waals surface area contributed by atoms with Crippen molar-refractivity contribution in [3.8, 4) is 0 Å². The number of nitrogens with zero attached hydrogens (tertiary/aromatic N) is 1. The second kappa shape index (κ2) is 6.86. The van der Waals surface area contributed by atoms with Crippen LogP contribution in [-0.2, 0) is 9.53 Å². The fourth-order valence-corrected chi connectivity index (χ4v) is 1.86. The molecular formula is C12H24N2O2. The summed E-state index contributed by atoms with van der Waals surface area (Å²) in [5.74, 6) is 0.580. The maximum absolute atomic E-state index is 11.4. The summed E-state index contributed by atoms with van der Waals surface area (Å²) in [4.78, 5) is 13.7. The van der Waals surface area contributed by atoms with Crippen LogP contribution in [0, 0.1) is 5.92 Å². The number of hydrogen-bond acceptors (Lipinski definition) is 3. The van der Waals surface area contributed by atoms with E-state index in [-0.39, 0.29) is 12.0 Å². The Hall–Kier alpha value is -0.610. The van der Waals surface area contributed by atoms with E-state index in [1.807, 2.05) is 0 Å². The summed E-state index contributed by atoms with van der Waals surface area (Å²) in [7, 11) is 2.10. The van der Waals surface area contributed by atoms with E-state index in [2.05, 4.69) is 31.1 Å². The Morgan fingerprint density at radius 1 is 1.56 bits per heavy atom. The number of likely N-dealkylation sites (N-methyl/N-ethyl adjacent to an activating group) is 1. The lowest BCUT2D eigenvalue weighted by Crippen LogP contribution is -2.41. The number of amides is 1. The van der Waals surface area contributed by atoms with Crippen LogP contribution in [0.4, 0.5) is 0 Å². The molecule has 16 heavy (non-hydrogen) atoms. The van der Waals surface area contributed by atoms with Crippen molar-refractivity contribution in [1.82, 2.24) is 10.2 Å². The number of nitrogens with one attached hydrogen (secondary N) is 1. The fraction of sp³-hybridized carbons (Fsp3) is 0.917. The minimum absolute atomic E-state index is 0.152. The third kappa shape index (κ3) is 5.47. The van der Waals surface area contributed by atoms with Crippen molar-refractivity contribution in [2.24, 2.45) is 5.92 Å². The molecule has 1 heterocycles. The molecule has 1 aliphatic rings. The van der Waals surface area contributed by atoms with Gasteiger partial charge in [-0.05, 0) is 19.4 Å². The summed E-state index contributed by atoms with van der Waals surface area (Å²) in [6.07, 6.45) is 1.80. The summed E-state index contributed by atoms with van der Waals surface area (Å²) >= 11 is 0. The molecule has 0 bridgehead atoms. The van der Waals surface area contributed by atoms with Gasteiger partial charge in [0.15, 0.2) is 0 Å². The lowest BCUT2D eigenvalue weighted by Gasteiger charge is -2.30. The van der Waals surface area contributed by atoms with E-state index in [9.17, 15) is 4.79 Å². The number of rotatable bonds is 5. The number of hydrogen-bond donors (Lipinski definition) is 1. The van der Waals surface area contributed by atoms with E-state index in [0.717, 1.165) is 32.7 Å². The minimum Gasteiger partial charge on any atom is -0.375 e. The third-order valence-electron chi connectivity index (χ3n) is 2.72. The Bertz CT molecular complexity index is 219. The van der Waals surface area contributed by atoms with Crippen molar-refractivity contribution in [1.29, 1.82) is 0 Å². The molecule has 1 fully saturated rings.